The number of hydrogen-bond acceptors (Lipinski definition) is 7. The van der Waals surface area contributed by atoms with Gasteiger partial charge in [0.15, 0.2) is 16.6 Å². The fourth-order valence-electron chi connectivity index (χ4n) is 1.98. The van der Waals surface area contributed by atoms with Crippen LogP contribution in [0.1, 0.15) is 23.2 Å². The normalized spacial score (nSPS) is 9.69. The van der Waals surface area contributed by atoms with Gasteiger partial charge in [-0.2, -0.15) is 0 Å². The van der Waals surface area contributed by atoms with Gasteiger partial charge in [0, 0.05) is 18.5 Å². The molecule has 1 amide bonds. The van der Waals surface area contributed by atoms with E-state index in [1.54, 1.807) is 0 Å². The molecule has 1 aromatic rings. The zero-order valence-corrected chi connectivity index (χ0v) is 16.0. The molecule has 0 atom stereocenters. The summed E-state index contributed by atoms with van der Waals surface area (Å²) < 4.78 is 20.2. The maximum absolute atomic E-state index is 12.3. The average molecular weight is 385 g/mol. The van der Waals surface area contributed by atoms with Crippen LogP contribution in [-0.2, 0) is 9.53 Å². The lowest BCUT2D eigenvalue weighted by atomic mass is 10.1. The zero-order valence-electron chi connectivity index (χ0n) is 15.1. The lowest BCUT2D eigenvalue weighted by Crippen LogP contribution is -2.47. The van der Waals surface area contributed by atoms with Crippen molar-refractivity contribution in [2.45, 2.75) is 12.8 Å². The predicted octanol–water partition coefficient (Wildman–Crippen LogP) is 0.775. The van der Waals surface area contributed by atoms with Crippen LogP contribution in [0.3, 0.4) is 0 Å². The summed E-state index contributed by atoms with van der Waals surface area (Å²) in [4.78, 5) is 23.3. The van der Waals surface area contributed by atoms with Crippen molar-refractivity contribution in [3.8, 4) is 17.2 Å². The van der Waals surface area contributed by atoms with Gasteiger partial charge >= 0.3 is 5.97 Å². The molecular formula is C16H23N3O6S. The fourth-order valence-corrected chi connectivity index (χ4v) is 2.13. The Hall–Kier alpha value is -2.75. The Morgan fingerprint density at radius 3 is 2.12 bits per heavy atom. The minimum absolute atomic E-state index is 0.218. The Bertz CT molecular complexity index is 628. The standard InChI is InChI=1S/C16H23N3O6S/c1-22-11-8-10(9-12(23-2)14(11)25-4)15(21)18-19-16(26)17-7-5-6-13(20)24-3/h8-9H,5-7H2,1-4H3,(H,18,21)(H2,17,19,26). The van der Waals surface area contributed by atoms with Crippen molar-refractivity contribution in [1.82, 2.24) is 16.2 Å². The molecule has 1 aromatic carbocycles. The van der Waals surface area contributed by atoms with Crippen molar-refractivity contribution >= 4 is 29.2 Å². The van der Waals surface area contributed by atoms with Gasteiger partial charge in [-0.25, -0.2) is 0 Å². The SMILES string of the molecule is COC(=O)CCCNC(=S)NNC(=O)c1cc(OC)c(OC)c(OC)c1. The first kappa shape index (κ1) is 21.3. The first-order valence-corrected chi connectivity index (χ1v) is 8.08. The molecule has 0 spiro atoms. The second-order valence-corrected chi connectivity index (χ2v) is 5.34. The first-order valence-electron chi connectivity index (χ1n) is 7.67. The summed E-state index contributed by atoms with van der Waals surface area (Å²) in [6.07, 6.45) is 0.833. The molecule has 26 heavy (non-hydrogen) atoms. The monoisotopic (exact) mass is 385 g/mol. The molecule has 3 N–H and O–H groups in total. The van der Waals surface area contributed by atoms with Crippen LogP contribution in [0.25, 0.3) is 0 Å². The number of hydrazine groups is 1. The highest BCUT2D eigenvalue weighted by Gasteiger charge is 2.17. The third-order valence-electron chi connectivity index (χ3n) is 3.29. The average Bonchev–Trinajstić information content (AvgIpc) is 2.67. The molecule has 10 heteroatoms. The smallest absolute Gasteiger partial charge is 0.305 e. The molecule has 144 valence electrons. The number of amides is 1. The molecule has 0 fully saturated rings. The number of nitrogens with one attached hydrogen (secondary N) is 3. The first-order chi connectivity index (χ1) is 12.5. The molecule has 0 aliphatic carbocycles. The number of rotatable bonds is 8. The van der Waals surface area contributed by atoms with Crippen molar-refractivity contribution in [2.75, 3.05) is 35.0 Å². The number of methoxy groups -OCH3 is 4. The third kappa shape index (κ3) is 6.28. The summed E-state index contributed by atoms with van der Waals surface area (Å²) in [6.45, 7) is 0.459. The molecular weight excluding hydrogens is 362 g/mol. The van der Waals surface area contributed by atoms with E-state index in [2.05, 4.69) is 20.9 Å². The second-order valence-electron chi connectivity index (χ2n) is 4.93. The van der Waals surface area contributed by atoms with Gasteiger partial charge in [0.2, 0.25) is 5.75 Å². The summed E-state index contributed by atoms with van der Waals surface area (Å²) in [5.74, 6) is 0.382. The fraction of sp³-hybridized carbons (Fsp3) is 0.438. The molecule has 0 aliphatic heterocycles. The molecule has 0 aromatic heterocycles. The van der Waals surface area contributed by atoms with Crippen LogP contribution in [0, 0.1) is 0 Å². The highest BCUT2D eigenvalue weighted by molar-refractivity contribution is 7.80. The molecule has 0 saturated heterocycles. The summed E-state index contributed by atoms with van der Waals surface area (Å²) in [5, 5.41) is 3.08. The molecule has 0 aliphatic rings. The minimum Gasteiger partial charge on any atom is -0.493 e. The third-order valence-corrected chi connectivity index (χ3v) is 3.53. The van der Waals surface area contributed by atoms with Gasteiger partial charge in [-0.1, -0.05) is 0 Å². The second kappa shape index (κ2) is 11.0. The zero-order chi connectivity index (χ0) is 19.5. The van der Waals surface area contributed by atoms with E-state index in [1.807, 2.05) is 0 Å². The van der Waals surface area contributed by atoms with Crippen LogP contribution in [0.15, 0.2) is 12.1 Å². The number of thiocarbonyl (C=S) groups is 1. The lowest BCUT2D eigenvalue weighted by Gasteiger charge is -2.15. The Labute approximate surface area is 157 Å². The summed E-state index contributed by atoms with van der Waals surface area (Å²) >= 11 is 5.04. The van der Waals surface area contributed by atoms with Crippen molar-refractivity contribution in [2.24, 2.45) is 0 Å². The van der Waals surface area contributed by atoms with Crippen LogP contribution in [-0.4, -0.2) is 52.0 Å². The van der Waals surface area contributed by atoms with Gasteiger partial charge in [0.1, 0.15) is 0 Å². The Kier molecular flexibility index (Phi) is 8.99. The van der Waals surface area contributed by atoms with Crippen molar-refractivity contribution in [3.63, 3.8) is 0 Å². The van der Waals surface area contributed by atoms with Crippen LogP contribution >= 0.6 is 12.2 Å². The maximum atomic E-state index is 12.3. The largest absolute Gasteiger partial charge is 0.493 e. The maximum Gasteiger partial charge on any atom is 0.305 e. The molecule has 0 unspecified atom stereocenters. The van der Waals surface area contributed by atoms with E-state index in [1.165, 1.54) is 40.6 Å². The number of ether oxygens (including phenoxy) is 4. The van der Waals surface area contributed by atoms with Gasteiger partial charge in [-0.15, -0.1) is 0 Å². The Balaban J connectivity index is 2.57. The number of benzene rings is 1. The molecule has 0 radical (unpaired) electrons. The highest BCUT2D eigenvalue weighted by atomic mass is 32.1. The summed E-state index contributed by atoms with van der Waals surface area (Å²) in [6, 6.07) is 3.04. The van der Waals surface area contributed by atoms with E-state index in [4.69, 9.17) is 26.4 Å². The van der Waals surface area contributed by atoms with E-state index >= 15 is 0 Å². The summed E-state index contributed by atoms with van der Waals surface area (Å²) in [7, 11) is 5.74. The summed E-state index contributed by atoms with van der Waals surface area (Å²) in [5.41, 5.74) is 5.33. The number of hydrogen-bond donors (Lipinski definition) is 3. The number of carbonyl (C=O) groups is 2. The lowest BCUT2D eigenvalue weighted by molar-refractivity contribution is -0.140. The van der Waals surface area contributed by atoms with E-state index in [-0.39, 0.29) is 17.5 Å². The van der Waals surface area contributed by atoms with Crippen LogP contribution in [0.5, 0.6) is 17.2 Å². The van der Waals surface area contributed by atoms with Crippen LogP contribution < -0.4 is 30.4 Å². The topological polar surface area (TPSA) is 107 Å². The van der Waals surface area contributed by atoms with E-state index in [0.29, 0.717) is 35.8 Å². The molecule has 0 heterocycles. The van der Waals surface area contributed by atoms with Crippen LogP contribution in [0.4, 0.5) is 0 Å². The molecule has 0 bridgehead atoms. The van der Waals surface area contributed by atoms with Crippen molar-refractivity contribution < 1.29 is 28.5 Å². The van der Waals surface area contributed by atoms with E-state index < -0.39 is 5.91 Å². The quantitative estimate of drug-likeness (QED) is 0.259. The van der Waals surface area contributed by atoms with E-state index in [0.717, 1.165) is 0 Å². The van der Waals surface area contributed by atoms with Gasteiger partial charge in [0.25, 0.3) is 5.91 Å². The van der Waals surface area contributed by atoms with Crippen molar-refractivity contribution in [3.05, 3.63) is 17.7 Å². The molecule has 0 saturated carbocycles. The van der Waals surface area contributed by atoms with Crippen molar-refractivity contribution in [1.29, 1.82) is 0 Å². The van der Waals surface area contributed by atoms with Gasteiger partial charge in [0.05, 0.1) is 28.4 Å². The minimum atomic E-state index is -0.442. The van der Waals surface area contributed by atoms with Gasteiger partial charge in [-0.3, -0.25) is 20.4 Å². The van der Waals surface area contributed by atoms with Gasteiger partial charge in [-0.05, 0) is 30.8 Å². The molecule has 9 nitrogen and oxygen atoms in total. The number of esters is 1. The van der Waals surface area contributed by atoms with E-state index in [9.17, 15) is 9.59 Å². The molecule has 1 rings (SSSR count). The Morgan fingerprint density at radius 2 is 1.62 bits per heavy atom. The Morgan fingerprint density at radius 1 is 1.00 bits per heavy atom. The van der Waals surface area contributed by atoms with Gasteiger partial charge < -0.3 is 24.3 Å². The highest BCUT2D eigenvalue weighted by Crippen LogP contribution is 2.38. The van der Waals surface area contributed by atoms with Crippen LogP contribution in [0.2, 0.25) is 0 Å². The number of carbonyl (C=O) groups excluding carboxylic acids is 2. The predicted molar refractivity (Wildman–Crippen MR) is 98.6 cm³/mol.